The number of anilines is 1. The third-order valence-corrected chi connectivity index (χ3v) is 6.67. The number of thioether (sulfide) groups is 1. The fourth-order valence-corrected chi connectivity index (χ4v) is 5.22. The Bertz CT molecular complexity index is 970. The summed E-state index contributed by atoms with van der Waals surface area (Å²) in [5, 5.41) is 21.6. The first-order valence-electron chi connectivity index (χ1n) is 8.25. The van der Waals surface area contributed by atoms with Crippen molar-refractivity contribution in [3.05, 3.63) is 41.8 Å². The molecule has 1 saturated heterocycles. The number of carboxylic acid groups (broad SMARTS) is 1. The van der Waals surface area contributed by atoms with Crippen LogP contribution in [0.2, 0.25) is 0 Å². The predicted molar refractivity (Wildman–Crippen MR) is 104 cm³/mol. The van der Waals surface area contributed by atoms with E-state index in [2.05, 4.69) is 15.5 Å². The molecule has 134 valence electrons. The molecule has 8 heteroatoms. The van der Waals surface area contributed by atoms with Gasteiger partial charge in [-0.2, -0.15) is 11.8 Å². The average molecular weight is 389 g/mol. The van der Waals surface area contributed by atoms with Gasteiger partial charge in [0, 0.05) is 22.1 Å². The minimum absolute atomic E-state index is 0.0729. The van der Waals surface area contributed by atoms with Gasteiger partial charge in [0.25, 0.3) is 0 Å². The Morgan fingerprint density at radius 2 is 2.19 bits per heavy atom. The van der Waals surface area contributed by atoms with Gasteiger partial charge in [-0.15, -0.1) is 21.5 Å². The molecule has 1 aliphatic rings. The zero-order valence-corrected chi connectivity index (χ0v) is 15.4. The van der Waals surface area contributed by atoms with Crippen LogP contribution in [0.4, 0.5) is 10.2 Å². The molecule has 26 heavy (non-hydrogen) atoms. The van der Waals surface area contributed by atoms with Crippen LogP contribution in [-0.2, 0) is 0 Å². The van der Waals surface area contributed by atoms with E-state index in [0.29, 0.717) is 22.1 Å². The molecule has 1 fully saturated rings. The molecule has 1 aliphatic heterocycles. The first-order chi connectivity index (χ1) is 12.6. The van der Waals surface area contributed by atoms with Crippen LogP contribution < -0.4 is 5.32 Å². The van der Waals surface area contributed by atoms with Gasteiger partial charge >= 0.3 is 5.97 Å². The Kier molecular flexibility index (Phi) is 4.78. The van der Waals surface area contributed by atoms with Gasteiger partial charge in [-0.25, -0.2) is 9.18 Å². The second-order valence-electron chi connectivity index (χ2n) is 6.12. The van der Waals surface area contributed by atoms with Crippen molar-refractivity contribution in [3.8, 4) is 10.4 Å². The summed E-state index contributed by atoms with van der Waals surface area (Å²) in [7, 11) is 0. The summed E-state index contributed by atoms with van der Waals surface area (Å²) in [5.41, 5.74) is 0.637. The first-order valence-corrected chi connectivity index (χ1v) is 10.2. The summed E-state index contributed by atoms with van der Waals surface area (Å²) in [4.78, 5) is 12.3. The van der Waals surface area contributed by atoms with Gasteiger partial charge in [0.15, 0.2) is 11.5 Å². The number of benzene rings is 1. The highest BCUT2D eigenvalue weighted by Gasteiger charge is 2.21. The van der Waals surface area contributed by atoms with Gasteiger partial charge in [-0.05, 0) is 42.4 Å². The lowest BCUT2D eigenvalue weighted by molar-refractivity contribution is 0.0692. The van der Waals surface area contributed by atoms with Gasteiger partial charge in [-0.1, -0.05) is 12.1 Å². The van der Waals surface area contributed by atoms with E-state index in [1.807, 2.05) is 17.8 Å². The van der Waals surface area contributed by atoms with Gasteiger partial charge in [0.1, 0.15) is 5.82 Å². The second kappa shape index (κ2) is 7.20. The monoisotopic (exact) mass is 389 g/mol. The summed E-state index contributed by atoms with van der Waals surface area (Å²) in [6.07, 6.45) is 2.20. The number of nitrogens with one attached hydrogen (secondary N) is 1. The zero-order valence-electron chi connectivity index (χ0n) is 13.7. The fraction of sp³-hybridized carbons (Fsp3) is 0.278. The largest absolute Gasteiger partial charge is 0.476 e. The van der Waals surface area contributed by atoms with Crippen LogP contribution in [-0.4, -0.2) is 38.8 Å². The van der Waals surface area contributed by atoms with E-state index in [9.17, 15) is 14.3 Å². The molecular weight excluding hydrogens is 373 g/mol. The highest BCUT2D eigenvalue weighted by molar-refractivity contribution is 7.99. The maximum absolute atomic E-state index is 13.6. The Hall–Kier alpha value is -2.19. The smallest absolute Gasteiger partial charge is 0.357 e. The molecular formula is C18H16FN3O2S2. The lowest BCUT2D eigenvalue weighted by Gasteiger charge is -2.23. The second-order valence-corrected chi connectivity index (χ2v) is 8.33. The summed E-state index contributed by atoms with van der Waals surface area (Å²) in [6, 6.07) is 8.43. The summed E-state index contributed by atoms with van der Waals surface area (Å²) >= 11 is 3.19. The highest BCUT2D eigenvalue weighted by atomic mass is 32.2. The lowest BCUT2D eigenvalue weighted by atomic mass is 10.1. The molecule has 2 aromatic heterocycles. The number of carbonyl (C=O) groups is 1. The molecule has 0 radical (unpaired) electrons. The molecule has 0 saturated carbocycles. The average Bonchev–Trinajstić information content (AvgIpc) is 3.08. The zero-order chi connectivity index (χ0) is 18.1. The quantitative estimate of drug-likeness (QED) is 0.684. The van der Waals surface area contributed by atoms with E-state index in [4.69, 9.17) is 0 Å². The van der Waals surface area contributed by atoms with Crippen molar-refractivity contribution in [2.45, 2.75) is 18.9 Å². The molecule has 5 nitrogen and oxygen atoms in total. The van der Waals surface area contributed by atoms with Crippen molar-refractivity contribution in [1.29, 1.82) is 0 Å². The van der Waals surface area contributed by atoms with Crippen LogP contribution in [0.3, 0.4) is 0 Å². The topological polar surface area (TPSA) is 75.1 Å². The van der Waals surface area contributed by atoms with Crippen molar-refractivity contribution in [2.24, 2.45) is 0 Å². The first kappa shape index (κ1) is 17.2. The molecule has 1 aromatic carbocycles. The van der Waals surface area contributed by atoms with E-state index >= 15 is 0 Å². The molecule has 1 atom stereocenters. The van der Waals surface area contributed by atoms with Gasteiger partial charge < -0.3 is 10.4 Å². The Morgan fingerprint density at radius 1 is 1.31 bits per heavy atom. The third-order valence-electron chi connectivity index (χ3n) is 4.27. The summed E-state index contributed by atoms with van der Waals surface area (Å²) in [5.74, 6) is 1.31. The van der Waals surface area contributed by atoms with Crippen LogP contribution >= 0.6 is 23.1 Å². The summed E-state index contributed by atoms with van der Waals surface area (Å²) < 4.78 is 14.1. The molecule has 3 aromatic rings. The highest BCUT2D eigenvalue weighted by Crippen LogP contribution is 2.38. The molecule has 3 heterocycles. The third kappa shape index (κ3) is 3.39. The number of thiophene rings is 1. The van der Waals surface area contributed by atoms with Gasteiger partial charge in [0.05, 0.1) is 4.70 Å². The molecule has 0 bridgehead atoms. The van der Waals surface area contributed by atoms with E-state index in [-0.39, 0.29) is 11.5 Å². The van der Waals surface area contributed by atoms with Crippen LogP contribution in [0.5, 0.6) is 0 Å². The Balaban J connectivity index is 1.80. The predicted octanol–water partition coefficient (Wildman–Crippen LogP) is 4.50. The van der Waals surface area contributed by atoms with Crippen molar-refractivity contribution in [2.75, 3.05) is 16.8 Å². The maximum atomic E-state index is 13.6. The van der Waals surface area contributed by atoms with Crippen molar-refractivity contribution < 1.29 is 14.3 Å². The number of hydrogen-bond donors (Lipinski definition) is 2. The Morgan fingerprint density at radius 3 is 2.92 bits per heavy atom. The number of fused-ring (bicyclic) bond motifs is 1. The van der Waals surface area contributed by atoms with E-state index < -0.39 is 5.97 Å². The van der Waals surface area contributed by atoms with Crippen LogP contribution in [0.25, 0.3) is 20.5 Å². The standard InChI is InChI=1S/C18H16FN3O2S2/c19-11-4-1-3-10(7-11)14-8-13-16(26-14)15(18(23)24)21-22-17(13)20-12-5-2-6-25-9-12/h1,3-4,7-8,12H,2,5-6,9H2,(H,20,22)(H,23,24). The van der Waals surface area contributed by atoms with Crippen molar-refractivity contribution in [1.82, 2.24) is 10.2 Å². The minimum Gasteiger partial charge on any atom is -0.476 e. The lowest BCUT2D eigenvalue weighted by Crippen LogP contribution is -2.26. The van der Waals surface area contributed by atoms with Gasteiger partial charge in [-0.3, -0.25) is 0 Å². The SMILES string of the molecule is O=C(O)c1nnc(NC2CCCSC2)c2cc(-c3cccc(F)c3)sc12. The molecule has 0 aliphatic carbocycles. The number of aromatic nitrogens is 2. The van der Waals surface area contributed by atoms with Crippen LogP contribution in [0.15, 0.2) is 30.3 Å². The van der Waals surface area contributed by atoms with E-state index in [1.54, 1.807) is 12.1 Å². The Labute approximate surface area is 157 Å². The molecule has 1 unspecified atom stereocenters. The van der Waals surface area contributed by atoms with E-state index in [1.165, 1.54) is 29.2 Å². The van der Waals surface area contributed by atoms with Crippen molar-refractivity contribution in [3.63, 3.8) is 0 Å². The normalized spacial score (nSPS) is 17.3. The number of aromatic carboxylic acids is 1. The molecule has 0 spiro atoms. The molecule has 0 amide bonds. The minimum atomic E-state index is -1.12. The van der Waals surface area contributed by atoms with Crippen LogP contribution in [0, 0.1) is 5.82 Å². The number of nitrogens with zero attached hydrogens (tertiary/aromatic N) is 2. The number of carboxylic acids is 1. The number of hydrogen-bond acceptors (Lipinski definition) is 6. The number of halogens is 1. The number of rotatable bonds is 4. The maximum Gasteiger partial charge on any atom is 0.357 e. The van der Waals surface area contributed by atoms with E-state index in [0.717, 1.165) is 28.9 Å². The van der Waals surface area contributed by atoms with Crippen molar-refractivity contribution >= 4 is 45.0 Å². The summed E-state index contributed by atoms with van der Waals surface area (Å²) in [6.45, 7) is 0. The van der Waals surface area contributed by atoms with Gasteiger partial charge in [0.2, 0.25) is 0 Å². The fourth-order valence-electron chi connectivity index (χ4n) is 3.02. The molecule has 4 rings (SSSR count). The van der Waals surface area contributed by atoms with Crippen LogP contribution in [0.1, 0.15) is 23.3 Å². The molecule has 2 N–H and O–H groups in total.